The number of benzene rings is 1. The predicted octanol–water partition coefficient (Wildman–Crippen LogP) is 7.76. The number of nitrogens with zero attached hydrogens (tertiary/aromatic N) is 7. The van der Waals surface area contributed by atoms with Gasteiger partial charge in [0.15, 0.2) is 12.0 Å². The van der Waals surface area contributed by atoms with Crippen LogP contribution in [0.2, 0.25) is 0 Å². The van der Waals surface area contributed by atoms with E-state index < -0.39 is 23.1 Å². The maximum Gasteiger partial charge on any atom is 0.410 e. The monoisotopic (exact) mass is 814 g/mol. The molecular formula is C44H62N8O7. The molecule has 3 aliphatic rings. The number of hydrogen-bond donors (Lipinski definition) is 1. The maximum atomic E-state index is 14.0. The van der Waals surface area contributed by atoms with Crippen molar-refractivity contribution in [3.05, 3.63) is 60.7 Å². The summed E-state index contributed by atoms with van der Waals surface area (Å²) in [5.41, 5.74) is 8.81. The fourth-order valence-corrected chi connectivity index (χ4v) is 8.59. The first-order valence-corrected chi connectivity index (χ1v) is 21.1. The van der Waals surface area contributed by atoms with Gasteiger partial charge in [0, 0.05) is 56.7 Å². The highest BCUT2D eigenvalue weighted by Crippen LogP contribution is 2.49. The molecule has 320 valence electrons. The Morgan fingerprint density at radius 2 is 1.61 bits per heavy atom. The van der Waals surface area contributed by atoms with Gasteiger partial charge in [-0.3, -0.25) is 0 Å². The minimum Gasteiger partial charge on any atom is -0.444 e. The Balaban J connectivity index is 1.15. The first-order chi connectivity index (χ1) is 28.0. The lowest BCUT2D eigenvalue weighted by atomic mass is 10.0. The van der Waals surface area contributed by atoms with Crippen LogP contribution in [0.25, 0.3) is 22.3 Å². The molecule has 2 saturated heterocycles. The molecule has 0 radical (unpaired) electrons. The largest absolute Gasteiger partial charge is 0.444 e. The van der Waals surface area contributed by atoms with E-state index in [0.29, 0.717) is 63.5 Å². The standard InChI is InChI=1S/C44H62N8O7/c1-42(2,3)58-40(53)49(23-19-29-15-10-9-11-16-29)21-14-22-50(41(54)59-43(4,5)6)26-30-25-33(37-36(30)56-44(7,8)57-37)51-27-31(35-38(45)46-28-47-39(35)51)32-18-20-48-52(32)34-17-12-13-24-55-34/h9-11,15-16,18,20,27-28,30,33-34,36-37H,12-14,17,19,21-26H2,1-8H3,(H2,45,46,47)/t30-,33-,34?,36-,37+/m1/s1. The number of anilines is 1. The number of nitrogen functional groups attached to an aromatic ring is 1. The number of hydrogen-bond acceptors (Lipinski definition) is 11. The molecule has 5 atom stereocenters. The third-order valence-electron chi connectivity index (χ3n) is 11.0. The molecule has 1 unspecified atom stereocenters. The van der Waals surface area contributed by atoms with Gasteiger partial charge in [-0.05, 0) is 106 Å². The number of amides is 2. The van der Waals surface area contributed by atoms with Crippen molar-refractivity contribution in [3.63, 3.8) is 0 Å². The second-order valence-corrected chi connectivity index (χ2v) is 18.5. The summed E-state index contributed by atoms with van der Waals surface area (Å²) in [7, 11) is 0. The minimum atomic E-state index is -0.855. The molecule has 15 nitrogen and oxygen atoms in total. The van der Waals surface area contributed by atoms with Crippen LogP contribution in [0, 0.1) is 5.92 Å². The molecule has 0 spiro atoms. The van der Waals surface area contributed by atoms with E-state index in [-0.39, 0.29) is 36.5 Å². The van der Waals surface area contributed by atoms with E-state index in [1.807, 2.05) is 84.3 Å². The zero-order valence-corrected chi connectivity index (χ0v) is 35.9. The van der Waals surface area contributed by atoms with Gasteiger partial charge in [-0.2, -0.15) is 5.10 Å². The summed E-state index contributed by atoms with van der Waals surface area (Å²) >= 11 is 0. The van der Waals surface area contributed by atoms with Crippen molar-refractivity contribution in [2.75, 3.05) is 38.5 Å². The topological polar surface area (TPSA) is 161 Å². The Kier molecular flexibility index (Phi) is 12.3. The van der Waals surface area contributed by atoms with Crippen molar-refractivity contribution in [1.82, 2.24) is 34.1 Å². The van der Waals surface area contributed by atoms with Crippen LogP contribution >= 0.6 is 0 Å². The third kappa shape index (κ3) is 10.0. The molecule has 3 aromatic heterocycles. The lowest BCUT2D eigenvalue weighted by Gasteiger charge is -2.32. The Hall–Kier alpha value is -4.73. The third-order valence-corrected chi connectivity index (χ3v) is 11.0. The van der Waals surface area contributed by atoms with Gasteiger partial charge in [0.25, 0.3) is 0 Å². The van der Waals surface area contributed by atoms with E-state index in [9.17, 15) is 9.59 Å². The molecule has 1 aromatic carbocycles. The first-order valence-electron chi connectivity index (χ1n) is 21.1. The molecule has 2 N–H and O–H groups in total. The van der Waals surface area contributed by atoms with E-state index in [1.165, 1.54) is 6.33 Å². The average molecular weight is 815 g/mol. The summed E-state index contributed by atoms with van der Waals surface area (Å²) in [4.78, 5) is 40.1. The molecular weight excluding hydrogens is 753 g/mol. The van der Waals surface area contributed by atoms with Gasteiger partial charge in [-0.1, -0.05) is 30.3 Å². The number of carbonyl (C=O) groups excluding carboxylic acids is 2. The fourth-order valence-electron chi connectivity index (χ4n) is 8.59. The molecule has 7 rings (SSSR count). The number of fused-ring (bicyclic) bond motifs is 2. The van der Waals surface area contributed by atoms with Crippen molar-refractivity contribution >= 4 is 29.0 Å². The molecule has 4 aromatic rings. The lowest BCUT2D eigenvalue weighted by molar-refractivity contribution is -0.160. The van der Waals surface area contributed by atoms with Crippen molar-refractivity contribution in [1.29, 1.82) is 0 Å². The molecule has 3 fully saturated rings. The average Bonchev–Trinajstić information content (AvgIpc) is 3.94. The number of ether oxygens (including phenoxy) is 5. The summed E-state index contributed by atoms with van der Waals surface area (Å²) in [6, 6.07) is 11.8. The number of aromatic nitrogens is 5. The van der Waals surface area contributed by atoms with Crippen molar-refractivity contribution in [2.45, 2.75) is 135 Å². The SMILES string of the molecule is CC(C)(C)OC(=O)N(CCCN(C[C@H]1C[C@@H](n2cc(-c3ccnn3C3CCCCO3)c3c(N)ncnc32)[C@@H]2OC(C)(C)O[C@H]12)C(=O)OC(C)(C)C)CCc1ccccc1. The zero-order valence-electron chi connectivity index (χ0n) is 35.9. The lowest BCUT2D eigenvalue weighted by Crippen LogP contribution is -2.44. The molecule has 2 amide bonds. The van der Waals surface area contributed by atoms with E-state index >= 15 is 0 Å². The zero-order chi connectivity index (χ0) is 42.1. The molecule has 1 aliphatic carbocycles. The molecule has 59 heavy (non-hydrogen) atoms. The van der Waals surface area contributed by atoms with Crippen LogP contribution in [-0.2, 0) is 30.1 Å². The first kappa shape index (κ1) is 42.4. The molecule has 5 heterocycles. The van der Waals surface area contributed by atoms with Gasteiger partial charge in [0.2, 0.25) is 0 Å². The van der Waals surface area contributed by atoms with Crippen LogP contribution in [0.15, 0.2) is 55.1 Å². The predicted molar refractivity (Wildman–Crippen MR) is 223 cm³/mol. The molecule has 15 heteroatoms. The Morgan fingerprint density at radius 3 is 2.31 bits per heavy atom. The number of carbonyl (C=O) groups is 2. The summed E-state index contributed by atoms with van der Waals surface area (Å²) in [5.74, 6) is -0.608. The summed E-state index contributed by atoms with van der Waals surface area (Å²) in [6.45, 7) is 17.3. The highest BCUT2D eigenvalue weighted by molar-refractivity contribution is 6.00. The van der Waals surface area contributed by atoms with Crippen LogP contribution in [0.5, 0.6) is 0 Å². The highest BCUT2D eigenvalue weighted by atomic mass is 16.8. The summed E-state index contributed by atoms with van der Waals surface area (Å²) < 4.78 is 35.4. The van der Waals surface area contributed by atoms with Gasteiger partial charge < -0.3 is 43.8 Å². The van der Waals surface area contributed by atoms with Crippen LogP contribution < -0.4 is 5.73 Å². The molecule has 0 bridgehead atoms. The quantitative estimate of drug-likeness (QED) is 0.149. The van der Waals surface area contributed by atoms with Crippen LogP contribution in [-0.4, -0.2) is 108 Å². The summed E-state index contributed by atoms with van der Waals surface area (Å²) in [5, 5.41) is 5.42. The Labute approximate surface area is 347 Å². The second kappa shape index (κ2) is 17.1. The Morgan fingerprint density at radius 1 is 0.915 bits per heavy atom. The fraction of sp³-hybridized carbons (Fsp3) is 0.614. The number of nitrogens with two attached hydrogens (primary N) is 1. The van der Waals surface area contributed by atoms with E-state index in [2.05, 4.69) is 33.0 Å². The second-order valence-electron chi connectivity index (χ2n) is 18.5. The normalized spacial score (nSPS) is 22.9. The highest BCUT2D eigenvalue weighted by Gasteiger charge is 2.55. The Bertz CT molecular complexity index is 2060. The van der Waals surface area contributed by atoms with Crippen molar-refractivity contribution in [2.24, 2.45) is 5.92 Å². The van der Waals surface area contributed by atoms with Gasteiger partial charge in [0.1, 0.15) is 35.1 Å². The number of rotatable bonds is 12. The smallest absolute Gasteiger partial charge is 0.410 e. The van der Waals surface area contributed by atoms with Crippen LogP contribution in [0.1, 0.15) is 105 Å². The van der Waals surface area contributed by atoms with Crippen LogP contribution in [0.4, 0.5) is 15.4 Å². The van der Waals surface area contributed by atoms with E-state index in [1.54, 1.807) is 16.0 Å². The summed E-state index contributed by atoms with van der Waals surface area (Å²) in [6.07, 6.45) is 8.49. The molecule has 2 aliphatic heterocycles. The van der Waals surface area contributed by atoms with Gasteiger partial charge >= 0.3 is 12.2 Å². The van der Waals surface area contributed by atoms with Gasteiger partial charge in [0.05, 0.1) is 23.2 Å². The molecule has 1 saturated carbocycles. The van der Waals surface area contributed by atoms with Crippen molar-refractivity contribution in [3.8, 4) is 11.3 Å². The van der Waals surface area contributed by atoms with Crippen molar-refractivity contribution < 1.29 is 33.3 Å². The van der Waals surface area contributed by atoms with E-state index in [4.69, 9.17) is 34.4 Å². The van der Waals surface area contributed by atoms with Gasteiger partial charge in [-0.25, -0.2) is 24.2 Å². The van der Waals surface area contributed by atoms with Crippen LogP contribution in [0.3, 0.4) is 0 Å². The maximum absolute atomic E-state index is 14.0. The van der Waals surface area contributed by atoms with E-state index in [0.717, 1.165) is 41.5 Å². The minimum absolute atomic E-state index is 0.124. The van der Waals surface area contributed by atoms with Gasteiger partial charge in [-0.15, -0.1) is 0 Å².